The molecule has 3 rings (SSSR count). The van der Waals surface area contributed by atoms with Gasteiger partial charge in [0, 0.05) is 43.3 Å². The second-order valence-corrected chi connectivity index (χ2v) is 5.95. The number of carbonyl (C=O) groups is 2. The van der Waals surface area contributed by atoms with Crippen molar-refractivity contribution in [3.63, 3.8) is 0 Å². The molecule has 1 aliphatic heterocycles. The van der Waals surface area contributed by atoms with Crippen molar-refractivity contribution in [1.82, 2.24) is 20.4 Å². The van der Waals surface area contributed by atoms with Gasteiger partial charge in [0.1, 0.15) is 11.6 Å². The fourth-order valence-electron chi connectivity index (χ4n) is 2.77. The zero-order chi connectivity index (χ0) is 19.4. The summed E-state index contributed by atoms with van der Waals surface area (Å²) in [6, 6.07) is 3.81. The number of methoxy groups -OCH3 is 1. The molecule has 2 N–H and O–H groups in total. The van der Waals surface area contributed by atoms with Crippen LogP contribution >= 0.6 is 0 Å². The number of amides is 2. The number of hydrogen-bond donors (Lipinski definition) is 2. The third-order valence-electron chi connectivity index (χ3n) is 3.95. The first-order chi connectivity index (χ1) is 13.0. The standard InChI is InChI=1S/C19H19N5O3/c1-12(25)20-8-4-5-18(26)22-17-9-15-16(27-3)7-6-14(19(15)23-17)13-10-21-24(2)11-13/h6-7,10-11H,8-9H2,1-3H3,(H,20,25)(H,22,23,26). The highest BCUT2D eigenvalue weighted by Crippen LogP contribution is 2.41. The van der Waals surface area contributed by atoms with Crippen molar-refractivity contribution >= 4 is 23.3 Å². The molecule has 138 valence electrons. The normalized spacial score (nSPS) is 11.7. The number of aliphatic imine (C=N–C) groups is 1. The number of fused-ring (bicyclic) bond motifs is 1. The first kappa shape index (κ1) is 18.2. The maximum atomic E-state index is 12.0. The number of aryl methyl sites for hydroxylation is 1. The molecule has 2 amide bonds. The molecule has 1 aromatic carbocycles. The largest absolute Gasteiger partial charge is 0.496 e. The first-order valence-corrected chi connectivity index (χ1v) is 8.28. The topological polar surface area (TPSA) is 97.6 Å². The molecular formula is C19H19N5O3. The average molecular weight is 365 g/mol. The molecule has 1 aromatic heterocycles. The molecule has 8 heteroatoms. The van der Waals surface area contributed by atoms with Crippen LogP contribution in [0.1, 0.15) is 12.5 Å². The van der Waals surface area contributed by atoms with E-state index >= 15 is 0 Å². The minimum Gasteiger partial charge on any atom is -0.496 e. The Balaban J connectivity index is 1.81. The number of rotatable bonds is 3. The number of benzene rings is 1. The van der Waals surface area contributed by atoms with Crippen LogP contribution in [0.3, 0.4) is 0 Å². The SMILES string of the molecule is COc1ccc(-c2cnn(C)c2)c2c1CC(NC(=O)C#CCNC(C)=O)=N2. The molecule has 2 heterocycles. The molecule has 1 aliphatic rings. The van der Waals surface area contributed by atoms with Gasteiger partial charge in [-0.2, -0.15) is 5.10 Å². The summed E-state index contributed by atoms with van der Waals surface area (Å²) in [5.74, 6) is 5.55. The van der Waals surface area contributed by atoms with Crippen molar-refractivity contribution in [2.24, 2.45) is 12.0 Å². The number of aromatic nitrogens is 2. The summed E-state index contributed by atoms with van der Waals surface area (Å²) in [6.07, 6.45) is 4.11. The Bertz CT molecular complexity index is 995. The van der Waals surface area contributed by atoms with Crippen molar-refractivity contribution in [1.29, 1.82) is 0 Å². The summed E-state index contributed by atoms with van der Waals surface area (Å²) < 4.78 is 7.15. The summed E-state index contributed by atoms with van der Waals surface area (Å²) >= 11 is 0. The first-order valence-electron chi connectivity index (χ1n) is 8.28. The maximum absolute atomic E-state index is 12.0. The van der Waals surface area contributed by atoms with Crippen LogP contribution in [0, 0.1) is 11.8 Å². The number of amidine groups is 1. The molecule has 0 fully saturated rings. The highest BCUT2D eigenvalue weighted by molar-refractivity contribution is 6.10. The van der Waals surface area contributed by atoms with Gasteiger partial charge >= 0.3 is 5.91 Å². The molecule has 0 atom stereocenters. The van der Waals surface area contributed by atoms with E-state index in [-0.39, 0.29) is 12.5 Å². The lowest BCUT2D eigenvalue weighted by molar-refractivity contribution is -0.118. The second-order valence-electron chi connectivity index (χ2n) is 5.95. The molecule has 0 saturated carbocycles. The van der Waals surface area contributed by atoms with E-state index in [2.05, 4.69) is 32.6 Å². The Morgan fingerprint density at radius 3 is 2.85 bits per heavy atom. The molecule has 0 saturated heterocycles. The van der Waals surface area contributed by atoms with Gasteiger partial charge in [0.2, 0.25) is 5.91 Å². The minimum absolute atomic E-state index is 0.119. The summed E-state index contributed by atoms with van der Waals surface area (Å²) in [4.78, 5) is 27.3. The van der Waals surface area contributed by atoms with E-state index in [1.54, 1.807) is 18.0 Å². The molecule has 0 bridgehead atoms. The highest BCUT2D eigenvalue weighted by Gasteiger charge is 2.24. The molecule has 27 heavy (non-hydrogen) atoms. The van der Waals surface area contributed by atoms with E-state index in [1.807, 2.05) is 25.4 Å². The quantitative estimate of drug-likeness (QED) is 0.791. The number of hydrogen-bond acceptors (Lipinski definition) is 5. The lowest BCUT2D eigenvalue weighted by Gasteiger charge is -2.09. The van der Waals surface area contributed by atoms with E-state index in [9.17, 15) is 9.59 Å². The molecule has 0 spiro atoms. The zero-order valence-electron chi connectivity index (χ0n) is 15.3. The smallest absolute Gasteiger partial charge is 0.301 e. The van der Waals surface area contributed by atoms with Crippen LogP contribution in [-0.2, 0) is 23.1 Å². The zero-order valence-corrected chi connectivity index (χ0v) is 15.3. The van der Waals surface area contributed by atoms with Gasteiger partial charge < -0.3 is 15.4 Å². The summed E-state index contributed by atoms with van der Waals surface area (Å²) in [6.45, 7) is 1.51. The number of carbonyl (C=O) groups excluding carboxylic acids is 2. The number of nitrogens with zero attached hydrogens (tertiary/aromatic N) is 3. The number of nitrogens with one attached hydrogen (secondary N) is 2. The van der Waals surface area contributed by atoms with Gasteiger partial charge in [0.05, 0.1) is 25.5 Å². The van der Waals surface area contributed by atoms with Gasteiger partial charge in [-0.3, -0.25) is 14.3 Å². The van der Waals surface area contributed by atoms with Crippen LogP contribution in [0.2, 0.25) is 0 Å². The predicted molar refractivity (Wildman–Crippen MR) is 101 cm³/mol. The predicted octanol–water partition coefficient (Wildman–Crippen LogP) is 0.937. The minimum atomic E-state index is -0.478. The van der Waals surface area contributed by atoms with Gasteiger partial charge in [0.25, 0.3) is 0 Å². The van der Waals surface area contributed by atoms with Crippen molar-refractivity contribution in [2.45, 2.75) is 13.3 Å². The summed E-state index contributed by atoms with van der Waals surface area (Å²) in [7, 11) is 3.45. The Morgan fingerprint density at radius 1 is 1.37 bits per heavy atom. The Kier molecular flexibility index (Phi) is 5.22. The van der Waals surface area contributed by atoms with Crippen LogP contribution in [0.5, 0.6) is 5.75 Å². The fourth-order valence-corrected chi connectivity index (χ4v) is 2.77. The van der Waals surface area contributed by atoms with Gasteiger partial charge in [-0.25, -0.2) is 4.99 Å². The van der Waals surface area contributed by atoms with Gasteiger partial charge in [-0.15, -0.1) is 0 Å². The molecule has 0 unspecified atom stereocenters. The van der Waals surface area contributed by atoms with Crippen LogP contribution in [0.25, 0.3) is 11.1 Å². The van der Waals surface area contributed by atoms with Crippen molar-refractivity contribution in [3.8, 4) is 28.7 Å². The van der Waals surface area contributed by atoms with Crippen molar-refractivity contribution in [2.75, 3.05) is 13.7 Å². The number of ether oxygens (including phenoxy) is 1. The third-order valence-corrected chi connectivity index (χ3v) is 3.95. The van der Waals surface area contributed by atoms with E-state index in [0.717, 1.165) is 22.4 Å². The molecule has 2 aromatic rings. The Morgan fingerprint density at radius 2 is 2.19 bits per heavy atom. The van der Waals surface area contributed by atoms with Crippen LogP contribution in [0.4, 0.5) is 5.69 Å². The van der Waals surface area contributed by atoms with Crippen molar-refractivity contribution < 1.29 is 14.3 Å². The van der Waals surface area contributed by atoms with Crippen LogP contribution in [0.15, 0.2) is 29.5 Å². The van der Waals surface area contributed by atoms with Crippen molar-refractivity contribution in [3.05, 3.63) is 30.1 Å². The van der Waals surface area contributed by atoms with Crippen LogP contribution < -0.4 is 15.4 Å². The summed E-state index contributed by atoms with van der Waals surface area (Å²) in [5.41, 5.74) is 3.51. The van der Waals surface area contributed by atoms with Gasteiger partial charge in [0.15, 0.2) is 0 Å². The summed E-state index contributed by atoms with van der Waals surface area (Å²) in [5, 5.41) is 9.40. The van der Waals surface area contributed by atoms with E-state index < -0.39 is 5.91 Å². The molecule has 8 nitrogen and oxygen atoms in total. The lowest BCUT2D eigenvalue weighted by Crippen LogP contribution is -2.29. The lowest BCUT2D eigenvalue weighted by atomic mass is 10.0. The van der Waals surface area contributed by atoms with E-state index in [4.69, 9.17) is 4.74 Å². The fraction of sp³-hybridized carbons (Fsp3) is 0.263. The van der Waals surface area contributed by atoms with E-state index in [1.165, 1.54) is 6.92 Å². The van der Waals surface area contributed by atoms with Gasteiger partial charge in [-0.1, -0.05) is 5.92 Å². The molecule has 0 aliphatic carbocycles. The van der Waals surface area contributed by atoms with Gasteiger partial charge in [-0.05, 0) is 18.1 Å². The highest BCUT2D eigenvalue weighted by atomic mass is 16.5. The third kappa shape index (κ3) is 4.15. The maximum Gasteiger partial charge on any atom is 0.301 e. The molecular weight excluding hydrogens is 346 g/mol. The van der Waals surface area contributed by atoms with E-state index in [0.29, 0.717) is 18.0 Å². The average Bonchev–Trinajstić information content (AvgIpc) is 3.23. The Labute approximate surface area is 156 Å². The monoisotopic (exact) mass is 365 g/mol. The second kappa shape index (κ2) is 7.74. The Hall–Kier alpha value is -3.60. The van der Waals surface area contributed by atoms with Crippen LogP contribution in [-0.4, -0.2) is 41.1 Å². The molecule has 0 radical (unpaired) electrons.